The Morgan fingerprint density at radius 2 is 1.71 bits per heavy atom. The van der Waals surface area contributed by atoms with E-state index in [1.807, 2.05) is 21.9 Å². The molecule has 1 unspecified atom stereocenters. The van der Waals surface area contributed by atoms with E-state index in [-0.39, 0.29) is 29.2 Å². The summed E-state index contributed by atoms with van der Waals surface area (Å²) >= 11 is 0. The van der Waals surface area contributed by atoms with Gasteiger partial charge < -0.3 is 30.9 Å². The van der Waals surface area contributed by atoms with Gasteiger partial charge >= 0.3 is 0 Å². The number of likely N-dealkylation sites (tertiary alicyclic amines) is 2. The van der Waals surface area contributed by atoms with Gasteiger partial charge in [-0.1, -0.05) is 25.1 Å². The number of nitrogens with one attached hydrogen (secondary N) is 2. The predicted molar refractivity (Wildman–Crippen MR) is 149 cm³/mol. The average Bonchev–Trinajstić information content (AvgIpc) is 3.46. The summed E-state index contributed by atoms with van der Waals surface area (Å²) in [5.74, 6) is 1.17. The molecule has 0 aromatic heterocycles. The molecular formula is C28H47N5O5. The van der Waals surface area contributed by atoms with Crippen molar-refractivity contribution in [2.24, 2.45) is 11.1 Å². The third kappa shape index (κ3) is 11.1. The molecule has 0 spiro atoms. The van der Waals surface area contributed by atoms with Gasteiger partial charge in [0, 0.05) is 52.0 Å². The average molecular weight is 534 g/mol. The van der Waals surface area contributed by atoms with E-state index in [2.05, 4.69) is 29.7 Å². The van der Waals surface area contributed by atoms with Crippen molar-refractivity contribution < 1.29 is 23.9 Å². The van der Waals surface area contributed by atoms with Crippen molar-refractivity contribution in [3.63, 3.8) is 0 Å². The van der Waals surface area contributed by atoms with E-state index in [1.54, 1.807) is 27.9 Å². The molecule has 0 saturated carbocycles. The second-order valence-corrected chi connectivity index (χ2v) is 9.87. The number of hydrogen-bond donors (Lipinski definition) is 3. The van der Waals surface area contributed by atoms with Crippen LogP contribution in [-0.2, 0) is 25.6 Å². The highest BCUT2D eigenvalue weighted by Crippen LogP contribution is 2.38. The highest BCUT2D eigenvalue weighted by molar-refractivity contribution is 5.79. The van der Waals surface area contributed by atoms with Crippen LogP contribution in [-0.4, -0.2) is 86.9 Å². The van der Waals surface area contributed by atoms with E-state index in [4.69, 9.17) is 15.3 Å². The van der Waals surface area contributed by atoms with Gasteiger partial charge in [-0.15, -0.1) is 0 Å². The SMILES string of the molecule is CCC1(CC(=O)N2CCCC2)CN(C(C)=O)C1.CNC(C)C(N)=O.CNC=O.c1ccc2c(c1)CCCO2. The summed E-state index contributed by atoms with van der Waals surface area (Å²) in [5.41, 5.74) is 6.26. The number of nitrogens with zero attached hydrogens (tertiary/aromatic N) is 2. The van der Waals surface area contributed by atoms with Crippen LogP contribution in [0, 0.1) is 5.41 Å². The molecule has 214 valence electrons. The first-order valence-electron chi connectivity index (χ1n) is 13.4. The number of carbonyl (C=O) groups is 4. The molecule has 1 aromatic carbocycles. The minimum atomic E-state index is -0.317. The molecule has 3 aliphatic heterocycles. The van der Waals surface area contributed by atoms with Gasteiger partial charge in [0.2, 0.25) is 24.1 Å². The number of fused-ring (bicyclic) bond motifs is 1. The number of ether oxygens (including phenoxy) is 1. The first-order valence-corrected chi connectivity index (χ1v) is 13.4. The Hall–Kier alpha value is -3.14. The smallest absolute Gasteiger partial charge is 0.234 e. The number of para-hydroxylation sites is 1. The lowest BCUT2D eigenvalue weighted by molar-refractivity contribution is -0.148. The Bertz CT molecular complexity index is 857. The Morgan fingerprint density at radius 3 is 2.16 bits per heavy atom. The summed E-state index contributed by atoms with van der Waals surface area (Å²) in [6, 6.07) is 8.04. The van der Waals surface area contributed by atoms with Crippen LogP contribution in [0.1, 0.15) is 58.4 Å². The lowest BCUT2D eigenvalue weighted by Gasteiger charge is -2.49. The number of amides is 4. The van der Waals surface area contributed by atoms with Crippen LogP contribution < -0.4 is 21.1 Å². The summed E-state index contributed by atoms with van der Waals surface area (Å²) in [4.78, 5) is 46.3. The molecule has 10 heteroatoms. The molecule has 1 aromatic rings. The molecule has 3 aliphatic rings. The van der Waals surface area contributed by atoms with E-state index in [1.165, 1.54) is 12.0 Å². The molecule has 0 aliphatic carbocycles. The molecule has 1 atom stereocenters. The fraction of sp³-hybridized carbons (Fsp3) is 0.643. The second kappa shape index (κ2) is 17.4. The minimum absolute atomic E-state index is 0.0609. The minimum Gasteiger partial charge on any atom is -0.493 e. The molecule has 10 nitrogen and oxygen atoms in total. The van der Waals surface area contributed by atoms with Gasteiger partial charge in [0.05, 0.1) is 12.6 Å². The van der Waals surface area contributed by atoms with Crippen LogP contribution in [0.4, 0.5) is 0 Å². The molecule has 0 bridgehead atoms. The number of rotatable bonds is 6. The van der Waals surface area contributed by atoms with Crippen LogP contribution in [0.3, 0.4) is 0 Å². The molecule has 4 N–H and O–H groups in total. The summed E-state index contributed by atoms with van der Waals surface area (Å²) in [6.07, 6.45) is 6.85. The maximum Gasteiger partial charge on any atom is 0.234 e. The summed E-state index contributed by atoms with van der Waals surface area (Å²) in [6.45, 7) is 9.69. The van der Waals surface area contributed by atoms with Crippen LogP contribution in [0.15, 0.2) is 24.3 Å². The van der Waals surface area contributed by atoms with E-state index in [0.717, 1.165) is 64.2 Å². The van der Waals surface area contributed by atoms with Crippen molar-refractivity contribution in [3.05, 3.63) is 29.8 Å². The quantitative estimate of drug-likeness (QED) is 0.477. The summed E-state index contributed by atoms with van der Waals surface area (Å²) < 4.78 is 5.42. The maximum atomic E-state index is 12.1. The van der Waals surface area contributed by atoms with Crippen molar-refractivity contribution in [1.82, 2.24) is 20.4 Å². The van der Waals surface area contributed by atoms with Crippen LogP contribution in [0.5, 0.6) is 5.75 Å². The molecule has 4 amide bonds. The van der Waals surface area contributed by atoms with Gasteiger partial charge in [-0.2, -0.15) is 0 Å². The lowest BCUT2D eigenvalue weighted by atomic mass is 9.74. The highest BCUT2D eigenvalue weighted by Gasteiger charge is 2.44. The van der Waals surface area contributed by atoms with E-state index < -0.39 is 0 Å². The van der Waals surface area contributed by atoms with Crippen LogP contribution >= 0.6 is 0 Å². The standard InChI is InChI=1S/C13H22N2O2.C9H10O.C4H10N2O.C2H5NO/c1-3-13(9-15(10-13)11(2)16)8-12(17)14-6-4-5-7-14;1-2-6-9-8(4-1)5-3-7-10-9;1-3(6-2)4(5)7;1-3-2-4/h3-10H2,1-2H3;1-2,4,6H,3,5,7H2;3,6H,1-2H3,(H2,5,7);2H,1H3,(H,3,4). The Balaban J connectivity index is 0.000000291. The van der Waals surface area contributed by atoms with E-state index in [0.29, 0.717) is 12.8 Å². The highest BCUT2D eigenvalue weighted by atomic mass is 16.5. The van der Waals surface area contributed by atoms with Crippen LogP contribution in [0.25, 0.3) is 0 Å². The number of primary amides is 1. The fourth-order valence-electron chi connectivity index (χ4n) is 4.28. The van der Waals surface area contributed by atoms with Gasteiger partial charge in [0.15, 0.2) is 0 Å². The van der Waals surface area contributed by atoms with Crippen molar-refractivity contribution in [2.45, 2.75) is 65.3 Å². The van der Waals surface area contributed by atoms with E-state index in [9.17, 15) is 14.4 Å². The first-order chi connectivity index (χ1) is 18.1. The Morgan fingerprint density at radius 1 is 1.11 bits per heavy atom. The van der Waals surface area contributed by atoms with Gasteiger partial charge in [0.1, 0.15) is 5.75 Å². The number of aryl methyl sites for hydroxylation is 1. The third-order valence-electron chi connectivity index (χ3n) is 7.03. The van der Waals surface area contributed by atoms with Gasteiger partial charge in [0.25, 0.3) is 0 Å². The monoisotopic (exact) mass is 533 g/mol. The van der Waals surface area contributed by atoms with Gasteiger partial charge in [-0.3, -0.25) is 19.2 Å². The largest absolute Gasteiger partial charge is 0.493 e. The molecular weight excluding hydrogens is 486 g/mol. The first kappa shape index (κ1) is 32.9. The summed E-state index contributed by atoms with van der Waals surface area (Å²) in [7, 11) is 3.25. The lowest BCUT2D eigenvalue weighted by Crippen LogP contribution is -2.59. The molecule has 4 rings (SSSR count). The van der Waals surface area contributed by atoms with Crippen molar-refractivity contribution in [3.8, 4) is 5.75 Å². The molecule has 38 heavy (non-hydrogen) atoms. The van der Waals surface area contributed by atoms with Crippen LogP contribution in [0.2, 0.25) is 0 Å². The topological polar surface area (TPSA) is 134 Å². The number of nitrogens with two attached hydrogens (primary N) is 1. The van der Waals surface area contributed by atoms with E-state index >= 15 is 0 Å². The van der Waals surface area contributed by atoms with Crippen molar-refractivity contribution in [2.75, 3.05) is 46.9 Å². The Labute approximate surface area is 227 Å². The molecule has 2 saturated heterocycles. The zero-order chi connectivity index (χ0) is 28.6. The molecule has 3 heterocycles. The number of likely N-dealkylation sites (N-methyl/N-ethyl adjacent to an activating group) is 1. The normalized spacial score (nSPS) is 17.2. The summed E-state index contributed by atoms with van der Waals surface area (Å²) in [5, 5.41) is 4.94. The van der Waals surface area contributed by atoms with Gasteiger partial charge in [-0.05, 0) is 57.7 Å². The second-order valence-electron chi connectivity index (χ2n) is 9.87. The third-order valence-corrected chi connectivity index (χ3v) is 7.03. The maximum absolute atomic E-state index is 12.1. The number of carbonyl (C=O) groups excluding carboxylic acids is 4. The number of hydrogen-bond acceptors (Lipinski definition) is 6. The Kier molecular flexibility index (Phi) is 15.0. The fourth-order valence-corrected chi connectivity index (χ4v) is 4.28. The molecule has 0 radical (unpaired) electrons. The van der Waals surface area contributed by atoms with Crippen molar-refractivity contribution in [1.29, 1.82) is 0 Å². The van der Waals surface area contributed by atoms with Crippen molar-refractivity contribution >= 4 is 24.1 Å². The van der Waals surface area contributed by atoms with Gasteiger partial charge in [-0.25, -0.2) is 0 Å². The zero-order valence-corrected chi connectivity index (χ0v) is 23.8. The molecule has 2 fully saturated rings. The predicted octanol–water partition coefficient (Wildman–Crippen LogP) is 1.71. The zero-order valence-electron chi connectivity index (χ0n) is 23.8. The number of benzene rings is 1.